The van der Waals surface area contributed by atoms with Crippen LogP contribution in [0.3, 0.4) is 0 Å². The van der Waals surface area contributed by atoms with Crippen LogP contribution in [0.5, 0.6) is 5.75 Å². The molecule has 1 heterocycles. The maximum Gasteiger partial charge on any atom is 0.330 e. The summed E-state index contributed by atoms with van der Waals surface area (Å²) in [5.74, 6) is -1.41. The molecule has 1 aliphatic heterocycles. The van der Waals surface area contributed by atoms with Crippen molar-refractivity contribution in [1.82, 2.24) is 4.72 Å². The summed E-state index contributed by atoms with van der Waals surface area (Å²) in [6.07, 6.45) is 0.871. The highest BCUT2D eigenvalue weighted by atomic mass is 79.9. The molecule has 126 valence electrons. The molecule has 3 rings (SSSR count). The van der Waals surface area contributed by atoms with Crippen molar-refractivity contribution in [2.45, 2.75) is 6.61 Å². The molecule has 0 radical (unpaired) electrons. The van der Waals surface area contributed by atoms with E-state index in [0.717, 1.165) is 11.8 Å². The first-order chi connectivity index (χ1) is 11.4. The second-order valence-electron chi connectivity index (χ2n) is 4.90. The van der Waals surface area contributed by atoms with Crippen molar-refractivity contribution in [3.63, 3.8) is 0 Å². The summed E-state index contributed by atoms with van der Waals surface area (Å²) in [5.41, 5.74) is 0.518. The van der Waals surface area contributed by atoms with Gasteiger partial charge in [-0.3, -0.25) is 0 Å². The Morgan fingerprint density at radius 3 is 2.54 bits per heavy atom. The van der Waals surface area contributed by atoms with Gasteiger partial charge in [-0.05, 0) is 33.6 Å². The fourth-order valence-corrected chi connectivity index (χ4v) is 3.54. The van der Waals surface area contributed by atoms with Crippen molar-refractivity contribution in [1.29, 1.82) is 0 Å². The molecule has 0 unspecified atom stereocenters. The van der Waals surface area contributed by atoms with Gasteiger partial charge < -0.3 is 9.84 Å². The van der Waals surface area contributed by atoms with Gasteiger partial charge in [0.05, 0.1) is 10.7 Å². The standard InChI is InChI=1S/C15H12BrFN2O4S/c16-11-6-7-12(23-9-10-4-2-1-3-5-10)15(14(11)17)19-8-13(20)18-24(19,21)22/h1-8,18,20H,9H2. The van der Waals surface area contributed by atoms with Crippen LogP contribution in [0.4, 0.5) is 10.1 Å². The molecule has 24 heavy (non-hydrogen) atoms. The zero-order valence-corrected chi connectivity index (χ0v) is 14.5. The summed E-state index contributed by atoms with van der Waals surface area (Å²) in [6.45, 7) is 0.131. The van der Waals surface area contributed by atoms with Crippen molar-refractivity contribution in [3.8, 4) is 5.75 Å². The first-order valence-corrected chi connectivity index (χ1v) is 8.99. The molecule has 2 aromatic rings. The lowest BCUT2D eigenvalue weighted by molar-refractivity contribution is 0.306. The van der Waals surface area contributed by atoms with E-state index in [1.54, 1.807) is 0 Å². The monoisotopic (exact) mass is 414 g/mol. The number of hydrogen-bond acceptors (Lipinski definition) is 4. The van der Waals surface area contributed by atoms with Crippen molar-refractivity contribution >= 4 is 31.8 Å². The van der Waals surface area contributed by atoms with Gasteiger partial charge >= 0.3 is 10.2 Å². The molecule has 0 saturated carbocycles. The Morgan fingerprint density at radius 1 is 1.21 bits per heavy atom. The highest BCUT2D eigenvalue weighted by molar-refractivity contribution is 9.10. The molecule has 9 heteroatoms. The van der Waals surface area contributed by atoms with Crippen molar-refractivity contribution in [2.24, 2.45) is 0 Å². The SMILES string of the molecule is O=S1(=O)NC(O)=CN1c1c(OCc2ccccc2)ccc(Br)c1F. The van der Waals surface area contributed by atoms with E-state index < -0.39 is 21.9 Å². The number of halogens is 2. The normalized spacial score (nSPS) is 15.8. The Hall–Kier alpha value is -2.26. The van der Waals surface area contributed by atoms with Crippen LogP contribution in [-0.4, -0.2) is 13.5 Å². The van der Waals surface area contributed by atoms with E-state index in [1.807, 2.05) is 35.1 Å². The minimum absolute atomic E-state index is 0.0240. The van der Waals surface area contributed by atoms with Crippen LogP contribution in [0.15, 0.2) is 59.0 Å². The number of ether oxygens (including phenoxy) is 1. The third-order valence-electron chi connectivity index (χ3n) is 3.22. The van der Waals surface area contributed by atoms with E-state index in [9.17, 15) is 17.9 Å². The predicted octanol–water partition coefficient (Wildman–Crippen LogP) is 3.18. The van der Waals surface area contributed by atoms with E-state index >= 15 is 0 Å². The van der Waals surface area contributed by atoms with Crippen LogP contribution in [0.25, 0.3) is 0 Å². The summed E-state index contributed by atoms with van der Waals surface area (Å²) in [6, 6.07) is 12.0. The maximum absolute atomic E-state index is 14.5. The van der Waals surface area contributed by atoms with Gasteiger partial charge in [-0.1, -0.05) is 30.3 Å². The third kappa shape index (κ3) is 3.17. The first-order valence-electron chi connectivity index (χ1n) is 6.76. The number of aliphatic hydroxyl groups excluding tert-OH is 1. The molecular formula is C15H12BrFN2O4S. The lowest BCUT2D eigenvalue weighted by Crippen LogP contribution is -2.30. The fraction of sp³-hybridized carbons (Fsp3) is 0.0667. The number of anilines is 1. The summed E-state index contributed by atoms with van der Waals surface area (Å²) < 4.78 is 46.7. The minimum atomic E-state index is -4.13. The molecule has 2 aromatic carbocycles. The summed E-state index contributed by atoms with van der Waals surface area (Å²) in [7, 11) is -4.13. The number of hydrogen-bond donors (Lipinski definition) is 2. The maximum atomic E-state index is 14.5. The van der Waals surface area contributed by atoms with Crippen molar-refractivity contribution < 1.29 is 22.7 Å². The van der Waals surface area contributed by atoms with Crippen molar-refractivity contribution in [2.75, 3.05) is 4.31 Å². The molecule has 0 spiro atoms. The van der Waals surface area contributed by atoms with E-state index in [4.69, 9.17) is 4.74 Å². The number of nitrogens with one attached hydrogen (secondary N) is 1. The lowest BCUT2D eigenvalue weighted by Gasteiger charge is -2.19. The predicted molar refractivity (Wildman–Crippen MR) is 90.1 cm³/mol. The zero-order chi connectivity index (χ0) is 17.3. The van der Waals surface area contributed by atoms with Crippen LogP contribution in [0.2, 0.25) is 0 Å². The summed E-state index contributed by atoms with van der Waals surface area (Å²) in [4.78, 5) is 0. The van der Waals surface area contributed by atoms with Crippen LogP contribution < -0.4 is 13.8 Å². The number of nitrogens with zero attached hydrogens (tertiary/aromatic N) is 1. The van der Waals surface area contributed by atoms with Gasteiger partial charge in [0, 0.05) is 0 Å². The van der Waals surface area contributed by atoms with Gasteiger partial charge in [0.2, 0.25) is 5.88 Å². The Labute approximate surface area is 146 Å². The summed E-state index contributed by atoms with van der Waals surface area (Å²) in [5, 5.41) is 9.41. The smallest absolute Gasteiger partial charge is 0.330 e. The molecular weight excluding hydrogens is 403 g/mol. The average molecular weight is 415 g/mol. The quantitative estimate of drug-likeness (QED) is 0.804. The first kappa shape index (κ1) is 16.6. The Morgan fingerprint density at radius 2 is 1.92 bits per heavy atom. The van der Waals surface area contributed by atoms with Gasteiger partial charge in [-0.2, -0.15) is 8.42 Å². The summed E-state index contributed by atoms with van der Waals surface area (Å²) >= 11 is 3.02. The Kier molecular flexibility index (Phi) is 4.37. The molecule has 2 N–H and O–H groups in total. The van der Waals surface area contributed by atoms with Gasteiger partial charge in [0.25, 0.3) is 0 Å². The van der Waals surface area contributed by atoms with Gasteiger partial charge in [0.1, 0.15) is 18.0 Å². The number of aliphatic hydroxyl groups is 1. The van der Waals surface area contributed by atoms with Gasteiger partial charge in [0.15, 0.2) is 5.82 Å². The van der Waals surface area contributed by atoms with Crippen LogP contribution in [0, 0.1) is 5.82 Å². The highest BCUT2D eigenvalue weighted by Gasteiger charge is 2.34. The highest BCUT2D eigenvalue weighted by Crippen LogP contribution is 2.38. The second kappa shape index (κ2) is 6.33. The van der Waals surface area contributed by atoms with E-state index in [2.05, 4.69) is 15.9 Å². The Balaban J connectivity index is 2.00. The second-order valence-corrected chi connectivity index (χ2v) is 7.30. The molecule has 6 nitrogen and oxygen atoms in total. The molecule has 0 fully saturated rings. The Bertz CT molecular complexity index is 903. The van der Waals surface area contributed by atoms with Crippen molar-refractivity contribution in [3.05, 3.63) is 70.4 Å². The molecule has 0 atom stereocenters. The lowest BCUT2D eigenvalue weighted by atomic mass is 10.2. The zero-order valence-electron chi connectivity index (χ0n) is 12.1. The van der Waals surface area contributed by atoms with Crippen LogP contribution in [-0.2, 0) is 16.8 Å². The molecule has 1 aliphatic rings. The van der Waals surface area contributed by atoms with Gasteiger partial charge in [-0.25, -0.2) is 13.4 Å². The van der Waals surface area contributed by atoms with Crippen LogP contribution >= 0.6 is 15.9 Å². The topological polar surface area (TPSA) is 78.9 Å². The molecule has 0 bridgehead atoms. The molecule has 0 amide bonds. The minimum Gasteiger partial charge on any atom is -0.493 e. The van der Waals surface area contributed by atoms with E-state index in [1.165, 1.54) is 12.1 Å². The third-order valence-corrected chi connectivity index (χ3v) is 5.11. The molecule has 0 saturated heterocycles. The fourth-order valence-electron chi connectivity index (χ4n) is 2.15. The van der Waals surface area contributed by atoms with E-state index in [-0.39, 0.29) is 22.5 Å². The number of rotatable bonds is 4. The molecule has 0 aliphatic carbocycles. The van der Waals surface area contributed by atoms with E-state index in [0.29, 0.717) is 4.31 Å². The van der Waals surface area contributed by atoms with Gasteiger partial charge in [-0.15, -0.1) is 0 Å². The average Bonchev–Trinajstić information content (AvgIpc) is 2.82. The molecule has 0 aromatic heterocycles. The largest absolute Gasteiger partial charge is 0.493 e. The number of benzene rings is 2. The van der Waals surface area contributed by atoms with Crippen LogP contribution in [0.1, 0.15) is 5.56 Å².